The Kier molecular flexibility index (Phi) is 2.79. The number of guanidine groups is 1. The standard InChI is InChI=1S/C9H16N5O/c10-7-6-8(12-9(11)14(7)15)13-4-2-1-3-5-13/h6-7H,1-5,10H2,(H2,11,12)/q-1. The number of piperidine rings is 1. The quantitative estimate of drug-likeness (QED) is 0.621. The average molecular weight is 210 g/mol. The number of hydrogen-bond acceptors (Lipinski definition) is 6. The first-order chi connectivity index (χ1) is 7.18. The van der Waals surface area contributed by atoms with Gasteiger partial charge in [0.15, 0.2) is 5.96 Å². The van der Waals surface area contributed by atoms with Crippen LogP contribution in [-0.4, -0.2) is 35.2 Å². The van der Waals surface area contributed by atoms with E-state index >= 15 is 0 Å². The van der Waals surface area contributed by atoms with E-state index in [0.717, 1.165) is 31.8 Å². The van der Waals surface area contributed by atoms with Crippen LogP contribution in [-0.2, 0) is 0 Å². The Hall–Kier alpha value is -1.27. The zero-order valence-corrected chi connectivity index (χ0v) is 8.59. The Morgan fingerprint density at radius 1 is 1.33 bits per heavy atom. The monoisotopic (exact) mass is 210 g/mol. The van der Waals surface area contributed by atoms with Gasteiger partial charge in [0.25, 0.3) is 0 Å². The van der Waals surface area contributed by atoms with Crippen molar-refractivity contribution in [2.75, 3.05) is 13.1 Å². The lowest BCUT2D eigenvalue weighted by Crippen LogP contribution is -2.48. The minimum absolute atomic E-state index is 0.0504. The van der Waals surface area contributed by atoms with E-state index in [9.17, 15) is 5.21 Å². The molecule has 0 spiro atoms. The highest BCUT2D eigenvalue weighted by Crippen LogP contribution is 2.18. The number of nitrogens with zero attached hydrogens (tertiary/aromatic N) is 3. The van der Waals surface area contributed by atoms with Crippen molar-refractivity contribution in [3.05, 3.63) is 17.1 Å². The van der Waals surface area contributed by atoms with Gasteiger partial charge in [-0.3, -0.25) is 0 Å². The molecular weight excluding hydrogens is 194 g/mol. The topological polar surface area (TPSA) is 93.9 Å². The SMILES string of the molecule is NC1=NC(N2CCCCC2)=CC(N)N1[O-]. The summed E-state index contributed by atoms with van der Waals surface area (Å²) in [5.41, 5.74) is 11.1. The summed E-state index contributed by atoms with van der Waals surface area (Å²) in [4.78, 5) is 6.18. The summed E-state index contributed by atoms with van der Waals surface area (Å²) in [6.07, 6.45) is 4.52. The lowest BCUT2D eigenvalue weighted by molar-refractivity contribution is 0.275. The summed E-state index contributed by atoms with van der Waals surface area (Å²) < 4.78 is 0. The molecule has 15 heavy (non-hydrogen) atoms. The van der Waals surface area contributed by atoms with Crippen LogP contribution in [0.25, 0.3) is 0 Å². The summed E-state index contributed by atoms with van der Waals surface area (Å²) >= 11 is 0. The van der Waals surface area contributed by atoms with Crippen molar-refractivity contribution in [3.63, 3.8) is 0 Å². The van der Waals surface area contributed by atoms with Gasteiger partial charge in [-0.2, -0.15) is 4.99 Å². The van der Waals surface area contributed by atoms with Gasteiger partial charge in [0.05, 0.1) is 6.17 Å². The highest BCUT2D eigenvalue weighted by Gasteiger charge is 2.19. The molecule has 2 aliphatic heterocycles. The molecule has 0 amide bonds. The average Bonchev–Trinajstić information content (AvgIpc) is 2.26. The van der Waals surface area contributed by atoms with Crippen molar-refractivity contribution in [2.24, 2.45) is 16.5 Å². The predicted molar refractivity (Wildman–Crippen MR) is 58.3 cm³/mol. The van der Waals surface area contributed by atoms with Crippen molar-refractivity contribution in [1.82, 2.24) is 9.96 Å². The van der Waals surface area contributed by atoms with Crippen LogP contribution in [0.1, 0.15) is 19.3 Å². The predicted octanol–water partition coefficient (Wildman–Crippen LogP) is -0.273. The van der Waals surface area contributed by atoms with E-state index in [4.69, 9.17) is 11.5 Å². The number of hydroxylamine groups is 2. The Balaban J connectivity index is 2.12. The second-order valence-electron chi connectivity index (χ2n) is 3.86. The van der Waals surface area contributed by atoms with E-state index in [1.165, 1.54) is 6.42 Å². The van der Waals surface area contributed by atoms with Gasteiger partial charge in [-0.15, -0.1) is 0 Å². The van der Waals surface area contributed by atoms with E-state index in [1.807, 2.05) is 0 Å². The Morgan fingerprint density at radius 3 is 2.60 bits per heavy atom. The van der Waals surface area contributed by atoms with Crippen molar-refractivity contribution >= 4 is 5.96 Å². The van der Waals surface area contributed by atoms with Crippen LogP contribution in [0.3, 0.4) is 0 Å². The maximum absolute atomic E-state index is 11.2. The zero-order valence-electron chi connectivity index (χ0n) is 8.59. The fraction of sp³-hybridized carbons (Fsp3) is 0.667. The minimum atomic E-state index is -0.709. The Labute approximate surface area is 88.8 Å². The first-order valence-electron chi connectivity index (χ1n) is 5.21. The van der Waals surface area contributed by atoms with Crippen molar-refractivity contribution in [1.29, 1.82) is 0 Å². The number of rotatable bonds is 1. The first-order valence-corrected chi connectivity index (χ1v) is 5.21. The fourth-order valence-corrected chi connectivity index (χ4v) is 1.88. The molecule has 1 fully saturated rings. The summed E-state index contributed by atoms with van der Waals surface area (Å²) in [6.45, 7) is 1.93. The van der Waals surface area contributed by atoms with Gasteiger partial charge >= 0.3 is 0 Å². The molecule has 0 saturated carbocycles. The third-order valence-electron chi connectivity index (χ3n) is 2.73. The number of likely N-dealkylation sites (tertiary alicyclic amines) is 1. The molecule has 2 heterocycles. The van der Waals surface area contributed by atoms with E-state index in [0.29, 0.717) is 5.06 Å². The fourth-order valence-electron chi connectivity index (χ4n) is 1.88. The third kappa shape index (κ3) is 2.05. The molecule has 1 atom stereocenters. The van der Waals surface area contributed by atoms with Crippen molar-refractivity contribution in [3.8, 4) is 0 Å². The Morgan fingerprint density at radius 2 is 2.00 bits per heavy atom. The van der Waals surface area contributed by atoms with E-state index in [1.54, 1.807) is 6.08 Å². The number of hydrogen-bond donors (Lipinski definition) is 2. The second kappa shape index (κ2) is 4.08. The van der Waals surface area contributed by atoms with Crippen LogP contribution >= 0.6 is 0 Å². The van der Waals surface area contributed by atoms with Gasteiger partial charge in [0, 0.05) is 13.1 Å². The molecule has 0 bridgehead atoms. The number of aliphatic imine (C=N–C) groups is 1. The van der Waals surface area contributed by atoms with Gasteiger partial charge in [-0.05, 0) is 25.3 Å². The molecule has 6 heteroatoms. The van der Waals surface area contributed by atoms with E-state index < -0.39 is 6.17 Å². The molecule has 6 nitrogen and oxygen atoms in total. The van der Waals surface area contributed by atoms with Crippen LogP contribution in [0.15, 0.2) is 16.9 Å². The molecule has 2 rings (SSSR count). The highest BCUT2D eigenvalue weighted by molar-refractivity contribution is 5.80. The van der Waals surface area contributed by atoms with Gasteiger partial charge in [0.2, 0.25) is 0 Å². The van der Waals surface area contributed by atoms with Crippen LogP contribution in [0, 0.1) is 5.21 Å². The van der Waals surface area contributed by atoms with Gasteiger partial charge in [-0.1, -0.05) is 0 Å². The van der Waals surface area contributed by atoms with Crippen LogP contribution in [0.4, 0.5) is 0 Å². The maximum Gasteiger partial charge on any atom is 0.188 e. The molecular formula is C9H16N5O-. The Bertz CT molecular complexity index is 295. The zero-order chi connectivity index (χ0) is 10.8. The van der Waals surface area contributed by atoms with Crippen molar-refractivity contribution < 1.29 is 0 Å². The normalized spacial score (nSPS) is 27.5. The maximum atomic E-state index is 11.2. The van der Waals surface area contributed by atoms with Gasteiger partial charge < -0.3 is 26.6 Å². The molecule has 0 aromatic carbocycles. The molecule has 0 aromatic rings. The molecule has 1 unspecified atom stereocenters. The van der Waals surface area contributed by atoms with Gasteiger partial charge in [-0.25, -0.2) is 0 Å². The molecule has 1 saturated heterocycles. The molecule has 0 aliphatic carbocycles. The summed E-state index contributed by atoms with van der Waals surface area (Å²) in [5, 5.41) is 11.7. The summed E-state index contributed by atoms with van der Waals surface area (Å²) in [7, 11) is 0. The lowest BCUT2D eigenvalue weighted by Gasteiger charge is -2.39. The van der Waals surface area contributed by atoms with Crippen molar-refractivity contribution in [2.45, 2.75) is 25.4 Å². The molecule has 0 radical (unpaired) electrons. The molecule has 4 N–H and O–H groups in total. The molecule has 84 valence electrons. The third-order valence-corrected chi connectivity index (χ3v) is 2.73. The molecule has 0 aromatic heterocycles. The van der Waals surface area contributed by atoms with E-state index in [-0.39, 0.29) is 5.96 Å². The minimum Gasteiger partial charge on any atom is -0.755 e. The highest BCUT2D eigenvalue weighted by atomic mass is 16.5. The number of nitrogens with two attached hydrogens (primary N) is 2. The lowest BCUT2D eigenvalue weighted by atomic mass is 10.1. The molecule has 2 aliphatic rings. The van der Waals surface area contributed by atoms with Crippen LogP contribution < -0.4 is 11.5 Å². The van der Waals surface area contributed by atoms with E-state index in [2.05, 4.69) is 9.89 Å². The smallest absolute Gasteiger partial charge is 0.188 e. The summed E-state index contributed by atoms with van der Waals surface area (Å²) in [5.74, 6) is 0.692. The summed E-state index contributed by atoms with van der Waals surface area (Å²) in [6, 6.07) is 0. The first kappa shape index (κ1) is 10.3. The van der Waals surface area contributed by atoms with Crippen LogP contribution in [0.2, 0.25) is 0 Å². The largest absolute Gasteiger partial charge is 0.755 e. The van der Waals surface area contributed by atoms with Gasteiger partial charge in [0.1, 0.15) is 5.82 Å². The van der Waals surface area contributed by atoms with Crippen LogP contribution in [0.5, 0.6) is 0 Å². The second-order valence-corrected chi connectivity index (χ2v) is 3.86.